The number of nitrogens with two attached hydrogens (primary N) is 1. The molecule has 178 valence electrons. The Morgan fingerprint density at radius 2 is 1.86 bits per heavy atom. The van der Waals surface area contributed by atoms with Gasteiger partial charge in [0.2, 0.25) is 5.91 Å². The van der Waals surface area contributed by atoms with Crippen LogP contribution in [0.5, 0.6) is 11.5 Å². The number of nitrogen functional groups attached to an aromatic ring is 1. The molecule has 1 aliphatic rings. The molecule has 3 N–H and O–H groups in total. The van der Waals surface area contributed by atoms with Crippen molar-refractivity contribution < 1.29 is 9.53 Å². The third kappa shape index (κ3) is 4.85. The molecule has 3 heterocycles. The third-order valence-electron chi connectivity index (χ3n) is 5.85. The normalized spacial score (nSPS) is 16.8. The largest absolute Gasteiger partial charge is 0.457 e. The molecular formula is C26H27N7O2. The van der Waals surface area contributed by atoms with Crippen molar-refractivity contribution in [2.24, 2.45) is 0 Å². The van der Waals surface area contributed by atoms with Crippen molar-refractivity contribution in [3.63, 3.8) is 0 Å². The molecule has 1 aliphatic heterocycles. The van der Waals surface area contributed by atoms with E-state index in [9.17, 15) is 4.79 Å². The second-order valence-electron chi connectivity index (χ2n) is 8.79. The summed E-state index contributed by atoms with van der Waals surface area (Å²) in [5, 5.41) is 8.59. The Morgan fingerprint density at radius 3 is 2.60 bits per heavy atom. The van der Waals surface area contributed by atoms with Crippen LogP contribution < -0.4 is 15.8 Å². The number of carbonyl (C=O) groups excluding carboxylic acids is 1. The number of nitrogens with one attached hydrogen (secondary N) is 1. The Labute approximate surface area is 203 Å². The fraction of sp³-hybridized carbons (Fsp3) is 0.231. The first-order valence-corrected chi connectivity index (χ1v) is 11.4. The number of fused-ring (bicyclic) bond motifs is 1. The second-order valence-corrected chi connectivity index (χ2v) is 8.79. The van der Waals surface area contributed by atoms with E-state index in [1.54, 1.807) is 4.68 Å². The van der Waals surface area contributed by atoms with E-state index in [0.717, 1.165) is 29.2 Å². The molecule has 4 aromatic rings. The molecule has 0 spiro atoms. The van der Waals surface area contributed by atoms with E-state index in [2.05, 4.69) is 15.3 Å². The molecule has 0 radical (unpaired) electrons. The van der Waals surface area contributed by atoms with Gasteiger partial charge in [0, 0.05) is 17.7 Å². The van der Waals surface area contributed by atoms with Crippen LogP contribution in [-0.2, 0) is 11.3 Å². The van der Waals surface area contributed by atoms with E-state index in [4.69, 9.17) is 15.6 Å². The van der Waals surface area contributed by atoms with Crippen LogP contribution in [0.4, 0.5) is 5.82 Å². The summed E-state index contributed by atoms with van der Waals surface area (Å²) in [5.74, 6) is 1.82. The maximum Gasteiger partial charge on any atom is 0.247 e. The number of aromatic nitrogens is 4. The molecule has 1 atom stereocenters. The van der Waals surface area contributed by atoms with E-state index in [0.29, 0.717) is 35.5 Å². The Hall–Kier alpha value is -4.24. The molecule has 2 aromatic heterocycles. The van der Waals surface area contributed by atoms with Gasteiger partial charge in [-0.1, -0.05) is 24.3 Å². The fourth-order valence-electron chi connectivity index (χ4n) is 4.14. The molecule has 9 nitrogen and oxygen atoms in total. The van der Waals surface area contributed by atoms with Gasteiger partial charge >= 0.3 is 0 Å². The van der Waals surface area contributed by atoms with E-state index in [1.165, 1.54) is 6.33 Å². The molecule has 9 heteroatoms. The van der Waals surface area contributed by atoms with Crippen LogP contribution in [0.15, 0.2) is 72.6 Å². The summed E-state index contributed by atoms with van der Waals surface area (Å²) in [5.41, 5.74) is 9.24. The quantitative estimate of drug-likeness (QED) is 0.400. The summed E-state index contributed by atoms with van der Waals surface area (Å²) in [7, 11) is 3.95. The molecule has 0 saturated carbocycles. The summed E-state index contributed by atoms with van der Waals surface area (Å²) >= 11 is 0. The first-order valence-electron chi connectivity index (χ1n) is 11.4. The summed E-state index contributed by atoms with van der Waals surface area (Å²) in [6.45, 7) is 1.20. The minimum absolute atomic E-state index is 0.0309. The van der Waals surface area contributed by atoms with E-state index in [1.807, 2.05) is 79.7 Å². The molecular weight excluding hydrogens is 442 g/mol. The summed E-state index contributed by atoms with van der Waals surface area (Å²) in [6.07, 6.45) is 4.04. The van der Waals surface area contributed by atoms with Crippen LogP contribution in [0.3, 0.4) is 0 Å². The number of likely N-dealkylation sites (N-methyl/N-ethyl adjacent to an activating group) is 1. The number of benzene rings is 2. The number of anilines is 1. The molecule has 1 saturated heterocycles. The van der Waals surface area contributed by atoms with Crippen LogP contribution in [0.1, 0.15) is 6.42 Å². The zero-order valence-electron chi connectivity index (χ0n) is 19.7. The average Bonchev–Trinajstić information content (AvgIpc) is 3.39. The predicted octanol–water partition coefficient (Wildman–Crippen LogP) is 3.24. The highest BCUT2D eigenvalue weighted by Crippen LogP contribution is 2.32. The predicted molar refractivity (Wildman–Crippen MR) is 135 cm³/mol. The van der Waals surface area contributed by atoms with Crippen LogP contribution in [-0.4, -0.2) is 57.2 Å². The highest BCUT2D eigenvalue weighted by Gasteiger charge is 2.28. The van der Waals surface area contributed by atoms with Gasteiger partial charge in [-0.15, -0.1) is 0 Å². The van der Waals surface area contributed by atoms with Gasteiger partial charge in [0.1, 0.15) is 29.3 Å². The first kappa shape index (κ1) is 22.5. The number of nitrogens with zero attached hydrogens (tertiary/aromatic N) is 5. The fourth-order valence-corrected chi connectivity index (χ4v) is 4.14. The van der Waals surface area contributed by atoms with Gasteiger partial charge in [-0.05, 0) is 56.9 Å². The SMILES string of the molecule is CN(C)CC=C1CC(Cn2nc(-c3ccc(Oc4ccccc4)cc3)c3c(N)ncnc32)NC1=O. The zero-order valence-corrected chi connectivity index (χ0v) is 19.7. The second kappa shape index (κ2) is 9.55. The smallest absolute Gasteiger partial charge is 0.247 e. The van der Waals surface area contributed by atoms with Gasteiger partial charge in [0.25, 0.3) is 0 Å². The lowest BCUT2D eigenvalue weighted by Gasteiger charge is -2.10. The molecule has 1 fully saturated rings. The first-order chi connectivity index (χ1) is 17.0. The third-order valence-corrected chi connectivity index (χ3v) is 5.85. The summed E-state index contributed by atoms with van der Waals surface area (Å²) in [4.78, 5) is 23.1. The van der Waals surface area contributed by atoms with Crippen molar-refractivity contribution in [2.45, 2.75) is 19.0 Å². The lowest BCUT2D eigenvalue weighted by Crippen LogP contribution is -2.30. The topological polar surface area (TPSA) is 111 Å². The molecule has 0 bridgehead atoms. The van der Waals surface area contributed by atoms with Crippen molar-refractivity contribution >= 4 is 22.8 Å². The maximum atomic E-state index is 12.4. The van der Waals surface area contributed by atoms with Crippen molar-refractivity contribution in [1.82, 2.24) is 30.0 Å². The van der Waals surface area contributed by atoms with Crippen molar-refractivity contribution in [1.29, 1.82) is 0 Å². The number of para-hydroxylation sites is 1. The number of hydrogen-bond acceptors (Lipinski definition) is 7. The average molecular weight is 470 g/mol. The van der Waals surface area contributed by atoms with Gasteiger partial charge < -0.3 is 20.7 Å². The van der Waals surface area contributed by atoms with Crippen LogP contribution in [0, 0.1) is 0 Å². The number of carbonyl (C=O) groups is 1. The maximum absolute atomic E-state index is 12.4. The highest BCUT2D eigenvalue weighted by atomic mass is 16.5. The summed E-state index contributed by atoms with van der Waals surface area (Å²) < 4.78 is 7.71. The van der Waals surface area contributed by atoms with Gasteiger partial charge in [0.15, 0.2) is 5.65 Å². The Bertz CT molecular complexity index is 1380. The standard InChI is InChI=1S/C26H27N7O2/c1-32(2)13-12-18-14-19(30-26(18)34)15-33-25-22(24(27)28-16-29-25)23(31-33)17-8-10-21(11-9-17)35-20-6-4-3-5-7-20/h3-12,16,19H,13-15H2,1-2H3,(H,30,34)(H2,27,28,29). The van der Waals surface area contributed by atoms with Gasteiger partial charge in [-0.3, -0.25) is 4.79 Å². The molecule has 0 aliphatic carbocycles. The molecule has 1 unspecified atom stereocenters. The minimum Gasteiger partial charge on any atom is -0.457 e. The van der Waals surface area contributed by atoms with Crippen LogP contribution >= 0.6 is 0 Å². The molecule has 5 rings (SSSR count). The number of ether oxygens (including phenoxy) is 1. The van der Waals surface area contributed by atoms with Crippen molar-refractivity contribution in [3.8, 4) is 22.8 Å². The molecule has 35 heavy (non-hydrogen) atoms. The molecule has 2 aromatic carbocycles. The van der Waals surface area contributed by atoms with E-state index >= 15 is 0 Å². The Kier molecular flexibility index (Phi) is 6.15. The van der Waals surface area contributed by atoms with Crippen LogP contribution in [0.25, 0.3) is 22.3 Å². The van der Waals surface area contributed by atoms with Gasteiger partial charge in [-0.25, -0.2) is 14.6 Å². The lowest BCUT2D eigenvalue weighted by molar-refractivity contribution is -0.116. The highest BCUT2D eigenvalue weighted by molar-refractivity contribution is 5.98. The van der Waals surface area contributed by atoms with Crippen molar-refractivity contribution in [2.75, 3.05) is 26.4 Å². The molecule has 1 amide bonds. The zero-order chi connectivity index (χ0) is 24.4. The number of rotatable bonds is 7. The monoisotopic (exact) mass is 469 g/mol. The van der Waals surface area contributed by atoms with Gasteiger partial charge in [0.05, 0.1) is 18.0 Å². The number of amides is 1. The van der Waals surface area contributed by atoms with Gasteiger partial charge in [-0.2, -0.15) is 5.10 Å². The Balaban J connectivity index is 1.42. The Morgan fingerprint density at radius 1 is 1.11 bits per heavy atom. The van der Waals surface area contributed by atoms with Crippen LogP contribution in [0.2, 0.25) is 0 Å². The minimum atomic E-state index is -0.0790. The summed E-state index contributed by atoms with van der Waals surface area (Å²) in [6, 6.07) is 17.2. The van der Waals surface area contributed by atoms with E-state index < -0.39 is 0 Å². The van der Waals surface area contributed by atoms with Crippen molar-refractivity contribution in [3.05, 3.63) is 72.6 Å². The van der Waals surface area contributed by atoms with E-state index in [-0.39, 0.29) is 11.9 Å². The lowest BCUT2D eigenvalue weighted by atomic mass is 10.1. The number of hydrogen-bond donors (Lipinski definition) is 2.